The molecule has 0 spiro atoms. The van der Waals surface area contributed by atoms with Gasteiger partial charge >= 0.3 is 0 Å². The number of fused-ring (bicyclic) bond motifs is 6. The number of carbonyl (C=O) groups is 7. The van der Waals surface area contributed by atoms with Crippen LogP contribution in [0.25, 0.3) is 0 Å². The van der Waals surface area contributed by atoms with Crippen molar-refractivity contribution in [2.45, 2.75) is 81.4 Å². The Labute approximate surface area is 359 Å². The summed E-state index contributed by atoms with van der Waals surface area (Å²) in [4.78, 5) is 92.9. The molecule has 3 saturated heterocycles. The Morgan fingerprint density at radius 3 is 2.35 bits per heavy atom. The molecule has 4 heterocycles. The number of methoxy groups -OCH3 is 2. The molecule has 0 bridgehead atoms. The zero-order valence-corrected chi connectivity index (χ0v) is 34.5. The molecule has 2 aliphatic carbocycles. The number of hydrogen-bond acceptors (Lipinski definition) is 17. The van der Waals surface area contributed by atoms with Crippen LogP contribution in [0.5, 0.6) is 17.2 Å². The number of ketones is 2. The lowest BCUT2D eigenvalue weighted by molar-refractivity contribution is -0.256. The molecule has 4 aliphatic heterocycles. The number of imide groups is 1. The summed E-state index contributed by atoms with van der Waals surface area (Å²) in [6, 6.07) is 4.13. The lowest BCUT2D eigenvalue weighted by atomic mass is 9.72. The van der Waals surface area contributed by atoms with Gasteiger partial charge in [-0.1, -0.05) is 12.1 Å². The van der Waals surface area contributed by atoms with E-state index in [4.69, 9.17) is 28.4 Å². The topological polar surface area (TPSA) is 278 Å². The molecule has 21 heteroatoms. The summed E-state index contributed by atoms with van der Waals surface area (Å²) in [6.07, 6.45) is -3.44. The van der Waals surface area contributed by atoms with Crippen LogP contribution in [-0.2, 0) is 54.1 Å². The summed E-state index contributed by atoms with van der Waals surface area (Å²) < 4.78 is 35.8. The summed E-state index contributed by atoms with van der Waals surface area (Å²) >= 11 is 0. The van der Waals surface area contributed by atoms with Gasteiger partial charge in [-0.25, -0.2) is 0 Å². The first-order chi connectivity index (χ1) is 30.1. The Bertz CT molecular complexity index is 2280. The number of benzene rings is 2. The molecule has 0 unspecified atom stereocenters. The van der Waals surface area contributed by atoms with Crippen LogP contribution in [0.15, 0.2) is 30.4 Å². The van der Waals surface area contributed by atoms with Crippen LogP contribution in [-0.4, -0.2) is 162 Å². The summed E-state index contributed by atoms with van der Waals surface area (Å²) in [5, 5.41) is 43.7. The Balaban J connectivity index is 0.998. The predicted octanol–water partition coefficient (Wildman–Crippen LogP) is -1.19. The van der Waals surface area contributed by atoms with Crippen molar-refractivity contribution in [3.8, 4) is 17.2 Å². The molecule has 3 fully saturated rings. The average Bonchev–Trinajstić information content (AvgIpc) is 3.80. The number of nitrogens with one attached hydrogen (secondary N) is 3. The molecule has 2 aromatic rings. The molecule has 0 saturated carbocycles. The van der Waals surface area contributed by atoms with E-state index in [0.29, 0.717) is 13.2 Å². The normalized spacial score (nSPS) is 28.4. The molecule has 2 aromatic carbocycles. The highest BCUT2D eigenvalue weighted by Crippen LogP contribution is 2.53. The minimum absolute atomic E-state index is 0.0772. The Morgan fingerprint density at radius 1 is 0.905 bits per heavy atom. The number of aliphatic hydroxyl groups is 1. The van der Waals surface area contributed by atoms with E-state index in [1.165, 1.54) is 32.4 Å². The van der Waals surface area contributed by atoms with Crippen molar-refractivity contribution < 1.29 is 77.3 Å². The number of morpholine rings is 1. The molecule has 336 valence electrons. The van der Waals surface area contributed by atoms with E-state index < -0.39 is 126 Å². The highest BCUT2D eigenvalue weighted by Gasteiger charge is 2.55. The van der Waals surface area contributed by atoms with Gasteiger partial charge in [-0.3, -0.25) is 43.4 Å². The lowest BCUT2D eigenvalue weighted by Gasteiger charge is -2.43. The second kappa shape index (κ2) is 17.4. The van der Waals surface area contributed by atoms with Crippen molar-refractivity contribution in [1.29, 1.82) is 0 Å². The van der Waals surface area contributed by atoms with Gasteiger partial charge in [0.15, 0.2) is 24.6 Å². The monoisotopic (exact) mass is 877 g/mol. The van der Waals surface area contributed by atoms with E-state index in [0.717, 1.165) is 17.1 Å². The van der Waals surface area contributed by atoms with Gasteiger partial charge in [0.25, 0.3) is 17.7 Å². The fourth-order valence-electron chi connectivity index (χ4n) is 9.24. The van der Waals surface area contributed by atoms with Gasteiger partial charge in [0.05, 0.1) is 42.6 Å². The van der Waals surface area contributed by atoms with Crippen molar-refractivity contribution in [3.63, 3.8) is 0 Å². The molecular formula is C42H47N5O16. The van der Waals surface area contributed by atoms with Crippen molar-refractivity contribution in [2.75, 3.05) is 53.6 Å². The molecule has 5 amide bonds. The van der Waals surface area contributed by atoms with E-state index in [1.54, 1.807) is 6.92 Å². The van der Waals surface area contributed by atoms with Gasteiger partial charge in [-0.15, -0.1) is 0 Å². The maximum absolute atomic E-state index is 14.1. The standard InChI is InChI=1S/C42H47N5O16/c1-19-38-22(46-13-14-60-40(59-3)39(46)63-38)15-29(61-19)62-24-17-42(57,41(56)45-12-11-44-25(48)9-10-43-26(49)18-47-27(50)7-8-28(47)51)16-21-31(24)37(55)33-32(35(21)53)34(52)20-5-4-6-23(58-2)30(20)36(33)54/h4-8,19,22,24,29,38-40,53,55,57H,9-18H2,1-3H3,(H,43,49)(H,44,48)(H,45,56)/t19-,22-,24-,29+,38+,39+,40-,42-/m0/s1. The zero-order valence-electron chi connectivity index (χ0n) is 34.5. The van der Waals surface area contributed by atoms with Crippen LogP contribution in [0.4, 0.5) is 0 Å². The quantitative estimate of drug-likeness (QED) is 0.0669. The maximum atomic E-state index is 14.1. The number of ether oxygens (including phenoxy) is 6. The number of rotatable bonds is 13. The third-order valence-electron chi connectivity index (χ3n) is 12.2. The molecule has 6 aliphatic rings. The molecule has 0 radical (unpaired) electrons. The smallest absolute Gasteiger partial charge is 0.254 e. The Hall–Kier alpha value is -5.81. The average molecular weight is 878 g/mol. The number of phenolic OH excluding ortho intramolecular Hbond substituents is 2. The van der Waals surface area contributed by atoms with Gasteiger partial charge in [0.2, 0.25) is 17.6 Å². The lowest BCUT2D eigenvalue weighted by Crippen LogP contribution is -2.55. The highest BCUT2D eigenvalue weighted by atomic mass is 16.7. The van der Waals surface area contributed by atoms with Crippen LogP contribution in [0.1, 0.15) is 75.3 Å². The van der Waals surface area contributed by atoms with Gasteiger partial charge in [0, 0.05) is 93.9 Å². The van der Waals surface area contributed by atoms with E-state index in [1.807, 2.05) is 0 Å². The SMILES string of the molecule is COc1cccc2c1C(=O)c1c(O)c3c(c(O)c1C2=O)C[C@@](O)(C(=O)NCCNC(=O)CCNC(=O)CN1C(=O)C=CC1=O)C[C@@H]3O[C@@H]1C[C@H]2[C@H](O[C@@H]3[C@@H](OC)OCCN32)[C@H](C)O1. The summed E-state index contributed by atoms with van der Waals surface area (Å²) in [6.45, 7) is 1.83. The van der Waals surface area contributed by atoms with Gasteiger partial charge < -0.3 is 59.7 Å². The Kier molecular flexibility index (Phi) is 12.1. The molecule has 6 N–H and O–H groups in total. The second-order valence-electron chi connectivity index (χ2n) is 16.0. The second-order valence-corrected chi connectivity index (χ2v) is 16.0. The minimum atomic E-state index is -2.33. The van der Waals surface area contributed by atoms with Crippen LogP contribution >= 0.6 is 0 Å². The van der Waals surface area contributed by atoms with E-state index in [2.05, 4.69) is 20.9 Å². The van der Waals surface area contributed by atoms with E-state index in [-0.39, 0.29) is 66.5 Å². The summed E-state index contributed by atoms with van der Waals surface area (Å²) in [5.74, 6) is -6.20. The summed E-state index contributed by atoms with van der Waals surface area (Å²) in [5.41, 5.74) is -3.81. The van der Waals surface area contributed by atoms with E-state index in [9.17, 15) is 48.9 Å². The molecule has 8 atom stereocenters. The first-order valence-corrected chi connectivity index (χ1v) is 20.5. The van der Waals surface area contributed by atoms with Crippen LogP contribution < -0.4 is 20.7 Å². The number of aromatic hydroxyl groups is 2. The molecule has 0 aromatic heterocycles. The van der Waals surface area contributed by atoms with E-state index >= 15 is 0 Å². The largest absolute Gasteiger partial charge is 0.507 e. The third kappa shape index (κ3) is 7.94. The first-order valence-electron chi connectivity index (χ1n) is 20.5. The van der Waals surface area contributed by atoms with Crippen LogP contribution in [0.2, 0.25) is 0 Å². The molecule has 21 nitrogen and oxygen atoms in total. The van der Waals surface area contributed by atoms with Crippen LogP contribution in [0.3, 0.4) is 0 Å². The summed E-state index contributed by atoms with van der Waals surface area (Å²) in [7, 11) is 2.84. The van der Waals surface area contributed by atoms with Crippen LogP contribution in [0, 0.1) is 0 Å². The zero-order chi connectivity index (χ0) is 44.9. The van der Waals surface area contributed by atoms with Gasteiger partial charge in [-0.05, 0) is 13.0 Å². The number of hydrogen-bond donors (Lipinski definition) is 6. The number of phenols is 2. The highest BCUT2D eigenvalue weighted by molar-refractivity contribution is 6.31. The Morgan fingerprint density at radius 2 is 1.62 bits per heavy atom. The van der Waals surface area contributed by atoms with Crippen molar-refractivity contribution in [1.82, 2.24) is 25.8 Å². The maximum Gasteiger partial charge on any atom is 0.254 e. The number of nitrogens with zero attached hydrogens (tertiary/aromatic N) is 2. The number of amides is 5. The van der Waals surface area contributed by atoms with Gasteiger partial charge in [-0.2, -0.15) is 0 Å². The fraction of sp³-hybridized carbons (Fsp3) is 0.500. The minimum Gasteiger partial charge on any atom is -0.507 e. The fourth-order valence-corrected chi connectivity index (χ4v) is 9.24. The third-order valence-corrected chi connectivity index (χ3v) is 12.2. The first kappa shape index (κ1) is 43.8. The predicted molar refractivity (Wildman–Crippen MR) is 211 cm³/mol. The van der Waals surface area contributed by atoms with Crippen molar-refractivity contribution in [2.24, 2.45) is 0 Å². The van der Waals surface area contributed by atoms with Crippen molar-refractivity contribution >= 4 is 41.1 Å². The van der Waals surface area contributed by atoms with Crippen molar-refractivity contribution in [3.05, 3.63) is 63.7 Å². The molecular weight excluding hydrogens is 830 g/mol. The van der Waals surface area contributed by atoms with Gasteiger partial charge in [0.1, 0.15) is 35.5 Å². The number of carbonyl (C=O) groups excluding carboxylic acids is 7. The molecule has 8 rings (SSSR count). The molecule has 63 heavy (non-hydrogen) atoms.